The second-order valence-corrected chi connectivity index (χ2v) is 16.6. The minimum absolute atomic E-state index is 0.0873. The van der Waals surface area contributed by atoms with E-state index in [1.54, 1.807) is 0 Å². The number of phenolic OH excluding ortho intramolecular Hbond substituents is 1. The zero-order valence-electron chi connectivity index (χ0n) is 30.1. The van der Waals surface area contributed by atoms with Crippen LogP contribution in [0.1, 0.15) is 96.3 Å². The fourth-order valence-corrected chi connectivity index (χ4v) is 10.9. The maximum atomic E-state index is 16.0. The summed E-state index contributed by atoms with van der Waals surface area (Å²) in [5, 5.41) is 13.6. The van der Waals surface area contributed by atoms with Gasteiger partial charge in [-0.15, -0.1) is 0 Å². The van der Waals surface area contributed by atoms with Crippen molar-refractivity contribution >= 4 is 17.3 Å². The van der Waals surface area contributed by atoms with E-state index < -0.39 is 0 Å². The van der Waals surface area contributed by atoms with Crippen LogP contribution in [0.5, 0.6) is 5.75 Å². The fourth-order valence-electron chi connectivity index (χ4n) is 10.9. The van der Waals surface area contributed by atoms with E-state index in [1.807, 2.05) is 18.2 Å². The quantitative estimate of drug-likeness (QED) is 0.293. The lowest BCUT2D eigenvalue weighted by Gasteiger charge is -2.43. The van der Waals surface area contributed by atoms with Crippen LogP contribution in [-0.2, 0) is 13.0 Å². The van der Waals surface area contributed by atoms with Gasteiger partial charge in [0.15, 0.2) is 0 Å². The molecule has 2 aliphatic carbocycles. The van der Waals surface area contributed by atoms with Gasteiger partial charge in [-0.2, -0.15) is 0 Å². The highest BCUT2D eigenvalue weighted by atomic mass is 19.1. The molecule has 1 spiro atoms. The van der Waals surface area contributed by atoms with Gasteiger partial charge in [0.2, 0.25) is 0 Å². The number of aromatic hydroxyl groups is 1. The lowest BCUT2D eigenvalue weighted by atomic mass is 9.60. The number of fused-ring (bicyclic) bond motifs is 2. The number of piperidine rings is 2. The minimum Gasteiger partial charge on any atom is -0.508 e. The molecular formula is C43H54FN5O2. The number of aryl methyl sites for hydroxylation is 1. The number of hydrogen-bond donors (Lipinski definition) is 2. The van der Waals surface area contributed by atoms with Crippen molar-refractivity contribution in [2.24, 2.45) is 11.3 Å². The van der Waals surface area contributed by atoms with E-state index in [2.05, 4.69) is 61.3 Å². The minimum atomic E-state index is -0.0873. The summed E-state index contributed by atoms with van der Waals surface area (Å²) in [5.74, 6) is 1.28. The molecule has 3 saturated heterocycles. The number of piperazine rings is 1. The molecule has 4 heterocycles. The third-order valence-electron chi connectivity index (χ3n) is 13.7. The maximum absolute atomic E-state index is 16.0. The van der Waals surface area contributed by atoms with Crippen LogP contribution < -0.4 is 15.1 Å². The van der Waals surface area contributed by atoms with Crippen molar-refractivity contribution in [1.29, 1.82) is 0 Å². The molecule has 0 unspecified atom stereocenters. The highest BCUT2D eigenvalue weighted by Gasteiger charge is 2.46. The van der Waals surface area contributed by atoms with Crippen molar-refractivity contribution in [1.82, 2.24) is 15.1 Å². The van der Waals surface area contributed by atoms with Gasteiger partial charge in [0, 0.05) is 82.1 Å². The van der Waals surface area contributed by atoms with Crippen LogP contribution in [-0.4, -0.2) is 85.8 Å². The van der Waals surface area contributed by atoms with Gasteiger partial charge in [0.1, 0.15) is 11.6 Å². The highest BCUT2D eigenvalue weighted by Crippen LogP contribution is 2.58. The summed E-state index contributed by atoms with van der Waals surface area (Å²) in [7, 11) is 0. The summed E-state index contributed by atoms with van der Waals surface area (Å²) in [6, 6.07) is 18.8. The van der Waals surface area contributed by atoms with Gasteiger partial charge in [-0.3, -0.25) is 9.69 Å². The molecule has 8 heteroatoms. The molecule has 4 aliphatic heterocycles. The normalized spacial score (nSPS) is 25.4. The first-order chi connectivity index (χ1) is 24.9. The van der Waals surface area contributed by atoms with E-state index in [4.69, 9.17) is 0 Å². The van der Waals surface area contributed by atoms with E-state index in [0.29, 0.717) is 17.7 Å². The number of carbonyl (C=O) groups excluding carboxylic acids is 1. The Morgan fingerprint density at radius 1 is 0.824 bits per heavy atom. The molecule has 3 aromatic carbocycles. The van der Waals surface area contributed by atoms with Crippen LogP contribution in [0.3, 0.4) is 0 Å². The number of benzene rings is 3. The van der Waals surface area contributed by atoms with Crippen molar-refractivity contribution in [2.75, 3.05) is 68.7 Å². The standard InChI is InChI=1S/C43H54FN5O2/c44-39-26-32(41-37-9-7-36(50)25-31(37)11-16-43(41)14-1-2-15-43)5-10-40(39)48-18-12-30(13-19-48)28-46-20-22-47(23-21-46)34-6-8-38-33(24-34)29-49(42(38)51)35-4-3-17-45-27-35/h5-10,24-26,30,35,41,45,50H,1-4,11-23,27-29H2/t35-,41+/m0/s1. The van der Waals surface area contributed by atoms with Crippen LogP contribution in [0.4, 0.5) is 15.8 Å². The van der Waals surface area contributed by atoms with Crippen molar-refractivity contribution in [3.8, 4) is 5.75 Å². The Balaban J connectivity index is 0.791. The van der Waals surface area contributed by atoms with E-state index in [9.17, 15) is 9.90 Å². The number of rotatable bonds is 6. The van der Waals surface area contributed by atoms with Crippen molar-refractivity contribution in [2.45, 2.75) is 82.7 Å². The van der Waals surface area contributed by atoms with Crippen LogP contribution in [0.15, 0.2) is 54.6 Å². The number of anilines is 2. The zero-order valence-corrected chi connectivity index (χ0v) is 30.1. The number of hydrogen-bond acceptors (Lipinski definition) is 6. The Hall–Kier alpha value is -3.62. The summed E-state index contributed by atoms with van der Waals surface area (Å²) >= 11 is 0. The molecule has 3 aromatic rings. The number of phenols is 1. The number of nitrogens with one attached hydrogen (secondary N) is 1. The van der Waals surface area contributed by atoms with Gasteiger partial charge < -0.3 is 25.1 Å². The van der Waals surface area contributed by atoms with E-state index in [0.717, 1.165) is 121 Å². The number of amides is 1. The topological polar surface area (TPSA) is 62.3 Å². The Morgan fingerprint density at radius 2 is 1.65 bits per heavy atom. The molecule has 1 amide bonds. The average Bonchev–Trinajstić information content (AvgIpc) is 3.77. The summed E-state index contributed by atoms with van der Waals surface area (Å²) in [6.45, 7) is 9.74. The van der Waals surface area contributed by atoms with Crippen LogP contribution in [0, 0.1) is 17.2 Å². The van der Waals surface area contributed by atoms with Crippen LogP contribution in [0.2, 0.25) is 0 Å². The first-order valence-corrected chi connectivity index (χ1v) is 19.9. The predicted octanol–water partition coefficient (Wildman–Crippen LogP) is 6.92. The van der Waals surface area contributed by atoms with Gasteiger partial charge in [-0.1, -0.05) is 25.0 Å². The maximum Gasteiger partial charge on any atom is 0.254 e. The lowest BCUT2D eigenvalue weighted by molar-refractivity contribution is 0.0674. The SMILES string of the molecule is O=C1c2ccc(N3CCN(CC4CCN(c5ccc([C@@H]6c7ccc(O)cc7CCC67CCCC7)cc5F)CC4)CC3)cc2CN1[C@H]1CCCNC1. The predicted molar refractivity (Wildman–Crippen MR) is 201 cm³/mol. The van der Waals surface area contributed by atoms with Gasteiger partial charge in [-0.05, 0) is 134 Å². The van der Waals surface area contributed by atoms with Crippen molar-refractivity contribution < 1.29 is 14.3 Å². The van der Waals surface area contributed by atoms with Crippen molar-refractivity contribution in [3.63, 3.8) is 0 Å². The highest BCUT2D eigenvalue weighted by molar-refractivity contribution is 5.99. The number of nitrogens with zero attached hydrogens (tertiary/aromatic N) is 4. The molecule has 9 rings (SSSR count). The number of halogens is 1. The van der Waals surface area contributed by atoms with E-state index in [1.165, 1.54) is 48.1 Å². The molecule has 7 nitrogen and oxygen atoms in total. The van der Waals surface area contributed by atoms with Crippen LogP contribution >= 0.6 is 0 Å². The van der Waals surface area contributed by atoms with Crippen LogP contribution in [0.25, 0.3) is 0 Å². The van der Waals surface area contributed by atoms with Gasteiger partial charge in [-0.25, -0.2) is 4.39 Å². The molecular weight excluding hydrogens is 638 g/mol. The summed E-state index contributed by atoms with van der Waals surface area (Å²) in [5.41, 5.74) is 7.90. The molecule has 51 heavy (non-hydrogen) atoms. The summed E-state index contributed by atoms with van der Waals surface area (Å²) in [4.78, 5) is 22.6. The largest absolute Gasteiger partial charge is 0.508 e. The van der Waals surface area contributed by atoms with E-state index >= 15 is 4.39 Å². The third-order valence-corrected chi connectivity index (χ3v) is 13.7. The van der Waals surface area contributed by atoms with Gasteiger partial charge >= 0.3 is 0 Å². The Bertz CT molecular complexity index is 1750. The van der Waals surface area contributed by atoms with Crippen molar-refractivity contribution in [3.05, 3.63) is 88.2 Å². The summed E-state index contributed by atoms with van der Waals surface area (Å²) in [6.07, 6.45) is 11.5. The molecule has 4 fully saturated rings. The molecule has 0 radical (unpaired) electrons. The third kappa shape index (κ3) is 6.30. The zero-order chi connectivity index (χ0) is 34.5. The first-order valence-electron chi connectivity index (χ1n) is 19.9. The average molecular weight is 692 g/mol. The lowest BCUT2D eigenvalue weighted by Crippen LogP contribution is -2.49. The summed E-state index contributed by atoms with van der Waals surface area (Å²) < 4.78 is 16.0. The van der Waals surface area contributed by atoms with Gasteiger partial charge in [0.25, 0.3) is 5.91 Å². The molecule has 0 aromatic heterocycles. The molecule has 1 saturated carbocycles. The fraction of sp³-hybridized carbons (Fsp3) is 0.558. The smallest absolute Gasteiger partial charge is 0.254 e. The van der Waals surface area contributed by atoms with E-state index in [-0.39, 0.29) is 23.1 Å². The Kier molecular flexibility index (Phi) is 8.95. The second kappa shape index (κ2) is 13.7. The molecule has 0 bridgehead atoms. The monoisotopic (exact) mass is 691 g/mol. The molecule has 6 aliphatic rings. The number of carbonyl (C=O) groups is 1. The Morgan fingerprint density at radius 3 is 2.41 bits per heavy atom. The first kappa shape index (κ1) is 33.2. The Labute approximate surface area is 302 Å². The second-order valence-electron chi connectivity index (χ2n) is 16.6. The molecule has 2 atom stereocenters. The van der Waals surface area contributed by atoms with Gasteiger partial charge in [0.05, 0.1) is 5.69 Å². The molecule has 270 valence electrons. The molecule has 2 N–H and O–H groups in total.